The second-order valence-corrected chi connectivity index (χ2v) is 5.53. The average Bonchev–Trinajstić information content (AvgIpc) is 3.29. The zero-order valence-electron chi connectivity index (χ0n) is 13.1. The van der Waals surface area contributed by atoms with Crippen LogP contribution in [0.25, 0.3) is 5.69 Å². The monoisotopic (exact) mass is 358 g/mol. The van der Waals surface area contributed by atoms with E-state index in [0.29, 0.717) is 16.4 Å². The molecule has 8 heteroatoms. The highest BCUT2D eigenvalue weighted by atomic mass is 35.5. The summed E-state index contributed by atoms with van der Waals surface area (Å²) in [5.74, 6) is -0.413. The Labute approximate surface area is 148 Å². The molecule has 0 aliphatic rings. The first kappa shape index (κ1) is 16.8. The van der Waals surface area contributed by atoms with Gasteiger partial charge in [0.1, 0.15) is 5.69 Å². The molecule has 0 radical (unpaired) electrons. The van der Waals surface area contributed by atoms with Gasteiger partial charge in [-0.25, -0.2) is 4.68 Å². The largest absolute Gasteiger partial charge is 0.459 e. The van der Waals surface area contributed by atoms with Crippen molar-refractivity contribution < 1.29 is 14.0 Å². The third kappa shape index (κ3) is 4.07. The van der Waals surface area contributed by atoms with Crippen LogP contribution >= 0.6 is 11.6 Å². The van der Waals surface area contributed by atoms with Crippen molar-refractivity contribution in [1.82, 2.24) is 15.1 Å². The number of para-hydroxylation sites is 1. The second-order valence-electron chi connectivity index (χ2n) is 5.12. The number of carbonyl (C=O) groups excluding carboxylic acids is 2. The van der Waals surface area contributed by atoms with Crippen molar-refractivity contribution in [2.75, 3.05) is 11.9 Å². The maximum atomic E-state index is 12.2. The van der Waals surface area contributed by atoms with Crippen LogP contribution in [0.5, 0.6) is 0 Å². The van der Waals surface area contributed by atoms with E-state index < -0.39 is 0 Å². The molecule has 0 spiro atoms. The van der Waals surface area contributed by atoms with Crippen LogP contribution in [0.4, 0.5) is 5.69 Å². The van der Waals surface area contributed by atoms with Gasteiger partial charge in [-0.05, 0) is 30.3 Å². The van der Waals surface area contributed by atoms with Gasteiger partial charge in [-0.3, -0.25) is 9.59 Å². The second kappa shape index (κ2) is 7.67. The first-order valence-corrected chi connectivity index (χ1v) is 7.93. The van der Waals surface area contributed by atoms with Crippen molar-refractivity contribution in [3.05, 3.63) is 65.8 Å². The number of aromatic nitrogens is 2. The number of hydrogen-bond donors (Lipinski definition) is 2. The Bertz CT molecular complexity index is 860. The summed E-state index contributed by atoms with van der Waals surface area (Å²) in [6.45, 7) is 0.184. The predicted octanol–water partition coefficient (Wildman–Crippen LogP) is 2.88. The number of furan rings is 1. The number of anilines is 1. The summed E-state index contributed by atoms with van der Waals surface area (Å²) in [7, 11) is 0. The third-order valence-electron chi connectivity index (χ3n) is 3.38. The molecule has 7 nitrogen and oxygen atoms in total. The summed E-state index contributed by atoms with van der Waals surface area (Å²) >= 11 is 6.23. The Hall–Kier alpha value is -3.06. The van der Waals surface area contributed by atoms with Crippen molar-refractivity contribution in [2.24, 2.45) is 0 Å². The lowest BCUT2D eigenvalue weighted by molar-refractivity contribution is -0.116. The van der Waals surface area contributed by atoms with E-state index in [1.54, 1.807) is 53.5 Å². The Morgan fingerprint density at radius 2 is 2.08 bits per heavy atom. The lowest BCUT2D eigenvalue weighted by Crippen LogP contribution is -2.27. The summed E-state index contributed by atoms with van der Waals surface area (Å²) in [5.41, 5.74) is 1.13. The molecule has 2 aromatic heterocycles. The lowest BCUT2D eigenvalue weighted by atomic mass is 10.2. The summed E-state index contributed by atoms with van der Waals surface area (Å²) in [6.07, 6.45) is 4.88. The number of rotatable bonds is 6. The molecule has 0 bridgehead atoms. The van der Waals surface area contributed by atoms with Gasteiger partial charge in [0.05, 0.1) is 17.0 Å². The van der Waals surface area contributed by atoms with Crippen molar-refractivity contribution in [2.45, 2.75) is 6.42 Å². The normalized spacial score (nSPS) is 10.4. The number of carbonyl (C=O) groups is 2. The maximum absolute atomic E-state index is 12.2. The minimum atomic E-state index is -0.363. The molecule has 3 rings (SSSR count). The highest BCUT2D eigenvalue weighted by Gasteiger charge is 2.13. The Kier molecular flexibility index (Phi) is 5.15. The van der Waals surface area contributed by atoms with Crippen molar-refractivity contribution >= 4 is 29.1 Å². The van der Waals surface area contributed by atoms with Crippen LogP contribution in [0.3, 0.4) is 0 Å². The Morgan fingerprint density at radius 1 is 1.20 bits per heavy atom. The average molecular weight is 359 g/mol. The van der Waals surface area contributed by atoms with E-state index in [4.69, 9.17) is 16.0 Å². The summed E-state index contributed by atoms with van der Waals surface area (Å²) in [4.78, 5) is 23.9. The summed E-state index contributed by atoms with van der Waals surface area (Å²) in [6, 6.07) is 10.1. The Balaban J connectivity index is 1.60. The van der Waals surface area contributed by atoms with Gasteiger partial charge >= 0.3 is 0 Å². The van der Waals surface area contributed by atoms with Crippen LogP contribution in [0, 0.1) is 0 Å². The van der Waals surface area contributed by atoms with Crippen LogP contribution in [-0.4, -0.2) is 28.1 Å². The van der Waals surface area contributed by atoms with Crippen LogP contribution in [0.1, 0.15) is 17.0 Å². The van der Waals surface area contributed by atoms with Crippen molar-refractivity contribution in [1.29, 1.82) is 0 Å². The topological polar surface area (TPSA) is 89.2 Å². The third-order valence-corrected chi connectivity index (χ3v) is 3.68. The molecule has 0 fully saturated rings. The minimum Gasteiger partial charge on any atom is -0.459 e. The highest BCUT2D eigenvalue weighted by Crippen LogP contribution is 2.27. The molecule has 2 N–H and O–H groups in total. The van der Waals surface area contributed by atoms with Gasteiger partial charge in [-0.15, -0.1) is 0 Å². The number of nitrogens with one attached hydrogen (secondary N) is 2. The highest BCUT2D eigenvalue weighted by molar-refractivity contribution is 6.33. The van der Waals surface area contributed by atoms with E-state index in [-0.39, 0.29) is 30.5 Å². The minimum absolute atomic E-state index is 0.109. The van der Waals surface area contributed by atoms with E-state index in [1.165, 1.54) is 6.26 Å². The van der Waals surface area contributed by atoms with E-state index in [1.807, 2.05) is 0 Å². The van der Waals surface area contributed by atoms with Crippen LogP contribution in [0.15, 0.2) is 59.5 Å². The van der Waals surface area contributed by atoms with E-state index in [2.05, 4.69) is 15.7 Å². The van der Waals surface area contributed by atoms with Gasteiger partial charge < -0.3 is 15.1 Å². The number of benzene rings is 1. The Morgan fingerprint density at radius 3 is 2.80 bits per heavy atom. The molecule has 128 valence electrons. The first-order valence-electron chi connectivity index (χ1n) is 7.55. The fourth-order valence-electron chi connectivity index (χ4n) is 2.25. The molecule has 3 aromatic rings. The molecule has 2 amide bonds. The molecular weight excluding hydrogens is 344 g/mol. The molecule has 1 aromatic carbocycles. The fourth-order valence-corrected chi connectivity index (χ4v) is 2.51. The quantitative estimate of drug-likeness (QED) is 0.709. The van der Waals surface area contributed by atoms with Gasteiger partial charge in [0.15, 0.2) is 5.76 Å². The number of amides is 2. The van der Waals surface area contributed by atoms with Crippen LogP contribution in [-0.2, 0) is 4.79 Å². The van der Waals surface area contributed by atoms with Crippen molar-refractivity contribution in [3.63, 3.8) is 0 Å². The van der Waals surface area contributed by atoms with Crippen molar-refractivity contribution in [3.8, 4) is 5.69 Å². The fraction of sp³-hybridized carbons (Fsp3) is 0.118. The molecule has 2 heterocycles. The summed E-state index contributed by atoms with van der Waals surface area (Å²) < 4.78 is 6.56. The van der Waals surface area contributed by atoms with Gasteiger partial charge in [-0.1, -0.05) is 17.7 Å². The number of hydrogen-bond acceptors (Lipinski definition) is 4. The van der Waals surface area contributed by atoms with Gasteiger partial charge in [0, 0.05) is 25.4 Å². The van der Waals surface area contributed by atoms with Gasteiger partial charge in [0.25, 0.3) is 5.91 Å². The van der Waals surface area contributed by atoms with E-state index in [9.17, 15) is 9.59 Å². The SMILES string of the molecule is O=C(CCNC(=O)c1ccco1)Nc1cccc(Cl)c1-n1cccn1. The lowest BCUT2D eigenvalue weighted by Gasteiger charge is -2.13. The van der Waals surface area contributed by atoms with E-state index in [0.717, 1.165) is 0 Å². The molecule has 0 aliphatic heterocycles. The molecule has 0 aliphatic carbocycles. The number of halogens is 1. The zero-order valence-corrected chi connectivity index (χ0v) is 13.9. The summed E-state index contributed by atoms with van der Waals surface area (Å²) in [5, 5.41) is 10.0. The maximum Gasteiger partial charge on any atom is 0.286 e. The predicted molar refractivity (Wildman–Crippen MR) is 92.9 cm³/mol. The number of nitrogens with zero attached hydrogens (tertiary/aromatic N) is 2. The van der Waals surface area contributed by atoms with Gasteiger partial charge in [0.2, 0.25) is 5.91 Å². The van der Waals surface area contributed by atoms with Crippen LogP contribution in [0.2, 0.25) is 5.02 Å². The standard InChI is InChI=1S/C17H15ClN4O3/c18-12-4-1-5-13(16(12)22-10-3-8-20-22)21-15(23)7-9-19-17(24)14-6-2-11-25-14/h1-6,8,10-11H,7,9H2,(H,19,24)(H,21,23). The molecule has 0 saturated carbocycles. The first-order chi connectivity index (χ1) is 12.1. The van der Waals surface area contributed by atoms with Gasteiger partial charge in [-0.2, -0.15) is 5.10 Å². The zero-order chi connectivity index (χ0) is 17.6. The van der Waals surface area contributed by atoms with E-state index >= 15 is 0 Å². The molecule has 25 heavy (non-hydrogen) atoms. The smallest absolute Gasteiger partial charge is 0.286 e. The molecule has 0 unspecified atom stereocenters. The van der Waals surface area contributed by atoms with Crippen LogP contribution < -0.4 is 10.6 Å². The molecule has 0 saturated heterocycles. The molecular formula is C17H15ClN4O3. The molecule has 0 atom stereocenters.